The second kappa shape index (κ2) is 21.0. The molecule has 0 aliphatic rings. The van der Waals surface area contributed by atoms with Gasteiger partial charge in [0.25, 0.3) is 0 Å². The Morgan fingerprint density at radius 1 is 0.712 bits per heavy atom. The third-order valence-corrected chi connectivity index (χ3v) is 19.5. The predicted octanol–water partition coefficient (Wildman–Crippen LogP) is 12.7. The number of halogens is 2. The van der Waals surface area contributed by atoms with Crippen molar-refractivity contribution in [3.8, 4) is 45.5 Å². The number of hydrogen-bond donors (Lipinski definition) is 2. The van der Waals surface area contributed by atoms with Crippen LogP contribution in [0.25, 0.3) is 56.0 Å². The SMILES string of the molecule is Brc1cnc2[nH]ccc2n1.COc1ccc(-c2cnc3[nH]cc(C(=O)CC(C)(C)C)c3n2)cc1OC.COc1ccc(-c2cnc3c(n2)c(I)cn3[Si](C(C)C)(C(C)C)C(C)C)cc1OC. The fourth-order valence-corrected chi connectivity index (χ4v) is 16.6. The first-order chi connectivity index (χ1) is 31.4. The first kappa shape index (κ1) is 50.0. The summed E-state index contributed by atoms with van der Waals surface area (Å²) < 4.78 is 25.9. The number of H-pyrrole nitrogens is 2. The van der Waals surface area contributed by atoms with Gasteiger partial charge in [0.15, 0.2) is 54.0 Å². The van der Waals surface area contributed by atoms with E-state index in [1.807, 2.05) is 75.6 Å². The van der Waals surface area contributed by atoms with Crippen LogP contribution in [0.1, 0.15) is 79.1 Å². The fraction of sp³-hybridized carbons (Fsp3) is 0.367. The smallest absolute Gasteiger partial charge is 0.171 e. The van der Waals surface area contributed by atoms with Crippen molar-refractivity contribution in [3.05, 3.63) is 93.4 Å². The number of carbonyl (C=O) groups excluding carboxylic acids is 1. The number of benzene rings is 2. The van der Waals surface area contributed by atoms with Gasteiger partial charge in [-0.3, -0.25) is 4.79 Å². The molecule has 0 spiro atoms. The van der Waals surface area contributed by atoms with Crippen LogP contribution in [0.5, 0.6) is 23.0 Å². The summed E-state index contributed by atoms with van der Waals surface area (Å²) in [4.78, 5) is 45.9. The standard InChI is InChI=1S/C23H32IN3O2Si.C20H23N3O3.C6H4BrN3/c1-14(2)30(15(3)4,16(5)6)27-13-18(24)22-23(27)25-12-19(26-22)17-9-10-20(28-7)21(11-17)29-8;1-20(2,3)9-15(24)13-10-21-19-18(13)23-14(11-22-19)12-6-7-16(25-4)17(8-12)26-5;7-5-3-9-6-4(10-5)1-2-8-6/h9-16H,1-8H3;6-8,10-11H,9H2,1-5H3,(H,21,22);1-3H,(H,8,9). The van der Waals surface area contributed by atoms with E-state index in [0.29, 0.717) is 68.5 Å². The summed E-state index contributed by atoms with van der Waals surface area (Å²) in [6, 6.07) is 13.3. The number of rotatable bonds is 12. The van der Waals surface area contributed by atoms with Crippen molar-refractivity contribution in [1.29, 1.82) is 0 Å². The highest BCUT2D eigenvalue weighted by Crippen LogP contribution is 2.45. The minimum absolute atomic E-state index is 0.0579. The summed E-state index contributed by atoms with van der Waals surface area (Å²) >= 11 is 5.63. The molecule has 0 saturated heterocycles. The number of carbonyl (C=O) groups is 1. The van der Waals surface area contributed by atoms with Gasteiger partial charge in [0, 0.05) is 36.1 Å². The maximum atomic E-state index is 12.6. The van der Waals surface area contributed by atoms with Crippen LogP contribution in [-0.2, 0) is 0 Å². The Kier molecular flexibility index (Phi) is 16.0. The maximum absolute atomic E-state index is 12.6. The quantitative estimate of drug-likeness (QED) is 0.0679. The largest absolute Gasteiger partial charge is 0.493 e. The second-order valence-electron chi connectivity index (χ2n) is 18.0. The second-order valence-corrected chi connectivity index (χ2v) is 25.7. The number of Topliss-reactive ketones (excluding diaryl/α,β-unsaturated/α-hetero) is 1. The van der Waals surface area contributed by atoms with Gasteiger partial charge in [-0.1, -0.05) is 62.3 Å². The van der Waals surface area contributed by atoms with E-state index < -0.39 is 8.24 Å². The third kappa shape index (κ3) is 10.6. The molecular weight excluding hydrogens is 1030 g/mol. The summed E-state index contributed by atoms with van der Waals surface area (Å²) in [5, 5.41) is 0. The van der Waals surface area contributed by atoms with Gasteiger partial charge in [0.05, 0.1) is 67.6 Å². The van der Waals surface area contributed by atoms with Crippen LogP contribution in [0.4, 0.5) is 0 Å². The monoisotopic (exact) mass is 1090 g/mol. The molecule has 0 fully saturated rings. The van der Waals surface area contributed by atoms with Crippen molar-refractivity contribution in [2.24, 2.45) is 5.41 Å². The van der Waals surface area contributed by atoms with Crippen LogP contribution < -0.4 is 18.9 Å². The van der Waals surface area contributed by atoms with E-state index in [2.05, 4.69) is 120 Å². The zero-order chi connectivity index (χ0) is 48.1. The van der Waals surface area contributed by atoms with Crippen molar-refractivity contribution in [1.82, 2.24) is 44.1 Å². The number of hydrogen-bond acceptors (Lipinski definition) is 11. The molecule has 8 aromatic rings. The number of fused-ring (bicyclic) bond motifs is 3. The first-order valence-electron chi connectivity index (χ1n) is 21.7. The Morgan fingerprint density at radius 2 is 1.24 bits per heavy atom. The van der Waals surface area contributed by atoms with E-state index in [-0.39, 0.29) is 11.2 Å². The highest BCUT2D eigenvalue weighted by atomic mass is 127. The first-order valence-corrected chi connectivity index (χ1v) is 25.7. The van der Waals surface area contributed by atoms with Gasteiger partial charge in [-0.15, -0.1) is 0 Å². The van der Waals surface area contributed by atoms with Crippen LogP contribution >= 0.6 is 38.5 Å². The van der Waals surface area contributed by atoms with E-state index in [1.165, 1.54) is 0 Å². The molecule has 0 unspecified atom stereocenters. The van der Waals surface area contributed by atoms with Crippen molar-refractivity contribution < 1.29 is 23.7 Å². The molecule has 0 radical (unpaired) electrons. The van der Waals surface area contributed by atoms with Gasteiger partial charge >= 0.3 is 0 Å². The van der Waals surface area contributed by atoms with Gasteiger partial charge in [-0.2, -0.15) is 0 Å². The average Bonchev–Trinajstić information content (AvgIpc) is 4.02. The lowest BCUT2D eigenvalue weighted by molar-refractivity contribution is 0.0941. The van der Waals surface area contributed by atoms with Gasteiger partial charge < -0.3 is 33.1 Å². The molecule has 8 rings (SSSR count). The van der Waals surface area contributed by atoms with E-state index in [9.17, 15) is 4.79 Å². The van der Waals surface area contributed by atoms with Crippen molar-refractivity contribution in [2.75, 3.05) is 28.4 Å². The van der Waals surface area contributed by atoms with Crippen molar-refractivity contribution in [2.45, 2.75) is 85.4 Å². The molecule has 66 heavy (non-hydrogen) atoms. The summed E-state index contributed by atoms with van der Waals surface area (Å²) in [5.74, 6) is 2.72. The summed E-state index contributed by atoms with van der Waals surface area (Å²) in [5.41, 5.74) is 10.5. The number of aromatic nitrogens is 9. The Balaban J connectivity index is 0.000000181. The number of aromatic amines is 2. The molecule has 2 N–H and O–H groups in total. The zero-order valence-corrected chi connectivity index (χ0v) is 44.6. The molecule has 6 aromatic heterocycles. The number of ketones is 1. The Hall–Kier alpha value is -5.40. The summed E-state index contributed by atoms with van der Waals surface area (Å²) in [7, 11) is 4.57. The molecule has 348 valence electrons. The van der Waals surface area contributed by atoms with Crippen molar-refractivity contribution in [3.63, 3.8) is 0 Å². The molecule has 0 atom stereocenters. The maximum Gasteiger partial charge on any atom is 0.171 e. The predicted molar refractivity (Wildman–Crippen MR) is 278 cm³/mol. The lowest BCUT2D eigenvalue weighted by atomic mass is 9.88. The fourth-order valence-electron chi connectivity index (χ4n) is 8.84. The Bertz CT molecular complexity index is 2940. The molecule has 0 amide bonds. The number of nitrogens with zero attached hydrogens (tertiary/aromatic N) is 7. The molecular formula is C49H59BrIN9O5Si. The van der Waals surface area contributed by atoms with Crippen LogP contribution in [0.15, 0.2) is 84.2 Å². The zero-order valence-electron chi connectivity index (χ0n) is 39.9. The van der Waals surface area contributed by atoms with Crippen LogP contribution in [-0.4, -0.2) is 86.6 Å². The average molecular weight is 1090 g/mol. The van der Waals surface area contributed by atoms with E-state index in [0.717, 1.165) is 47.3 Å². The number of ether oxygens (including phenoxy) is 4. The number of methoxy groups -OCH3 is 4. The van der Waals surface area contributed by atoms with Crippen LogP contribution in [0.3, 0.4) is 0 Å². The highest BCUT2D eigenvalue weighted by molar-refractivity contribution is 14.1. The lowest BCUT2D eigenvalue weighted by Gasteiger charge is -2.44. The van der Waals surface area contributed by atoms with E-state index in [1.54, 1.807) is 47.0 Å². The highest BCUT2D eigenvalue weighted by Gasteiger charge is 2.46. The van der Waals surface area contributed by atoms with E-state index >= 15 is 0 Å². The minimum Gasteiger partial charge on any atom is -0.493 e. The minimum atomic E-state index is -1.90. The van der Waals surface area contributed by atoms with Gasteiger partial charge in [-0.25, -0.2) is 29.9 Å². The summed E-state index contributed by atoms with van der Waals surface area (Å²) in [6.45, 7) is 20.4. The molecule has 2 aromatic carbocycles. The van der Waals surface area contributed by atoms with E-state index in [4.69, 9.17) is 28.9 Å². The van der Waals surface area contributed by atoms with Crippen molar-refractivity contribution >= 4 is 86.0 Å². The van der Waals surface area contributed by atoms with Crippen LogP contribution in [0.2, 0.25) is 16.6 Å². The molecule has 0 saturated carbocycles. The Labute approximate surface area is 409 Å². The molecule has 0 aliphatic heterocycles. The summed E-state index contributed by atoms with van der Waals surface area (Å²) in [6.07, 6.45) is 11.5. The molecule has 0 aliphatic carbocycles. The molecule has 6 heterocycles. The third-order valence-electron chi connectivity index (χ3n) is 11.6. The van der Waals surface area contributed by atoms with Gasteiger partial charge in [-0.05, 0) is 103 Å². The number of nitrogens with one attached hydrogen (secondary N) is 2. The van der Waals surface area contributed by atoms with Gasteiger partial charge in [0.2, 0.25) is 0 Å². The van der Waals surface area contributed by atoms with Gasteiger partial charge in [0.1, 0.15) is 21.2 Å². The lowest BCUT2D eigenvalue weighted by Crippen LogP contribution is -2.51. The molecule has 17 heteroatoms. The molecule has 0 bridgehead atoms. The Morgan fingerprint density at radius 3 is 1.77 bits per heavy atom. The van der Waals surface area contributed by atoms with Crippen LogP contribution in [0, 0.1) is 8.99 Å². The molecule has 14 nitrogen and oxygen atoms in total. The normalized spacial score (nSPS) is 11.8. The topological polar surface area (TPSA) is 168 Å².